The zero-order chi connectivity index (χ0) is 12.5. The number of aromatic hydroxyl groups is 1. The zero-order valence-corrected chi connectivity index (χ0v) is 10.6. The predicted octanol–water partition coefficient (Wildman–Crippen LogP) is 4.15. The number of hydrogen-bond acceptors (Lipinski definition) is 2. The number of phenolic OH excluding ortho intramolecular Hbond substituents is 1. The molecule has 2 aromatic rings. The van der Waals surface area contributed by atoms with Crippen molar-refractivity contribution < 1.29 is 5.11 Å². The maximum absolute atomic E-state index is 9.47. The number of benzene rings is 2. The fourth-order valence-electron chi connectivity index (χ4n) is 2.50. The molecule has 0 saturated heterocycles. The average Bonchev–Trinajstić information content (AvgIpc) is 2.74. The quantitative estimate of drug-likeness (QED) is 0.849. The smallest absolute Gasteiger partial charge is 0.115 e. The van der Waals surface area contributed by atoms with Gasteiger partial charge in [-0.1, -0.05) is 17.7 Å². The number of nitrogens with one attached hydrogen (secondary N) is 1. The molecule has 0 amide bonds. The normalized spacial score (nSPS) is 17.5. The summed E-state index contributed by atoms with van der Waals surface area (Å²) in [6, 6.07) is 13.7. The van der Waals surface area contributed by atoms with Crippen LogP contribution in [0.1, 0.15) is 23.6 Å². The minimum Gasteiger partial charge on any atom is -0.508 e. The lowest BCUT2D eigenvalue weighted by Gasteiger charge is -2.15. The van der Waals surface area contributed by atoms with E-state index in [0.717, 1.165) is 23.6 Å². The molecule has 2 N–H and O–H groups in total. The molecule has 0 radical (unpaired) electrons. The van der Waals surface area contributed by atoms with E-state index in [4.69, 9.17) is 11.6 Å². The lowest BCUT2D eigenvalue weighted by atomic mass is 10.1. The van der Waals surface area contributed by atoms with Crippen LogP contribution in [0.3, 0.4) is 0 Å². The molecular weight excluding hydrogens is 246 g/mol. The molecule has 18 heavy (non-hydrogen) atoms. The Morgan fingerprint density at radius 1 is 1.11 bits per heavy atom. The van der Waals surface area contributed by atoms with E-state index >= 15 is 0 Å². The molecule has 2 nitrogen and oxygen atoms in total. The number of aryl methyl sites for hydroxylation is 1. The number of hydrogen-bond donors (Lipinski definition) is 2. The Hall–Kier alpha value is -1.67. The molecule has 3 heteroatoms. The van der Waals surface area contributed by atoms with Gasteiger partial charge in [-0.15, -0.1) is 0 Å². The van der Waals surface area contributed by atoms with Crippen molar-refractivity contribution in [1.82, 2.24) is 0 Å². The van der Waals surface area contributed by atoms with E-state index in [1.54, 1.807) is 6.07 Å². The minimum absolute atomic E-state index is 0.321. The van der Waals surface area contributed by atoms with Gasteiger partial charge >= 0.3 is 0 Å². The van der Waals surface area contributed by atoms with E-state index in [1.165, 1.54) is 11.1 Å². The van der Waals surface area contributed by atoms with Crippen molar-refractivity contribution in [2.24, 2.45) is 0 Å². The third-order valence-electron chi connectivity index (χ3n) is 3.39. The van der Waals surface area contributed by atoms with E-state index in [9.17, 15) is 5.11 Å². The Kier molecular flexibility index (Phi) is 2.88. The van der Waals surface area contributed by atoms with Crippen molar-refractivity contribution in [2.75, 3.05) is 5.32 Å². The lowest BCUT2D eigenvalue weighted by Crippen LogP contribution is -2.06. The second kappa shape index (κ2) is 4.54. The van der Waals surface area contributed by atoms with Crippen molar-refractivity contribution in [2.45, 2.75) is 18.9 Å². The Balaban J connectivity index is 1.82. The number of phenols is 1. The van der Waals surface area contributed by atoms with E-state index in [2.05, 4.69) is 5.32 Å². The van der Waals surface area contributed by atoms with Crippen molar-refractivity contribution in [3.8, 4) is 5.75 Å². The maximum Gasteiger partial charge on any atom is 0.115 e. The lowest BCUT2D eigenvalue weighted by molar-refractivity contribution is 0.474. The first-order valence-electron chi connectivity index (χ1n) is 6.06. The van der Waals surface area contributed by atoms with Gasteiger partial charge in [0.2, 0.25) is 0 Å². The highest BCUT2D eigenvalue weighted by atomic mass is 35.5. The van der Waals surface area contributed by atoms with Crippen LogP contribution in [0.4, 0.5) is 5.69 Å². The van der Waals surface area contributed by atoms with Gasteiger partial charge in [0, 0.05) is 10.7 Å². The number of anilines is 1. The second-order valence-corrected chi connectivity index (χ2v) is 5.06. The largest absolute Gasteiger partial charge is 0.508 e. The Morgan fingerprint density at radius 2 is 1.89 bits per heavy atom. The van der Waals surface area contributed by atoms with Crippen molar-refractivity contribution >= 4 is 17.3 Å². The topological polar surface area (TPSA) is 32.3 Å². The van der Waals surface area contributed by atoms with Gasteiger partial charge in [0.05, 0.1) is 6.04 Å². The summed E-state index contributed by atoms with van der Waals surface area (Å²) in [5, 5.41) is 13.7. The van der Waals surface area contributed by atoms with Crippen molar-refractivity contribution in [1.29, 1.82) is 0 Å². The van der Waals surface area contributed by atoms with Crippen LogP contribution in [0, 0.1) is 0 Å². The fourth-order valence-corrected chi connectivity index (χ4v) is 2.63. The molecule has 0 spiro atoms. The Morgan fingerprint density at radius 3 is 2.67 bits per heavy atom. The molecule has 0 saturated carbocycles. The predicted molar refractivity (Wildman–Crippen MR) is 74.2 cm³/mol. The average molecular weight is 260 g/mol. The summed E-state index contributed by atoms with van der Waals surface area (Å²) in [7, 11) is 0. The summed E-state index contributed by atoms with van der Waals surface area (Å²) in [5.41, 5.74) is 3.59. The van der Waals surface area contributed by atoms with E-state index in [-0.39, 0.29) is 0 Å². The summed E-state index contributed by atoms with van der Waals surface area (Å²) in [6.07, 6.45) is 2.07. The standard InChI is InChI=1S/C15H14ClNO/c16-11-2-4-12(5-3-11)17-15-8-1-10-9-13(18)6-7-14(10)15/h2-7,9,15,17-18H,1,8H2. The first kappa shape index (κ1) is 11.4. The van der Waals surface area contributed by atoms with Crippen LogP contribution < -0.4 is 5.32 Å². The molecule has 1 aliphatic rings. The van der Waals surface area contributed by atoms with Crippen LogP contribution in [-0.2, 0) is 6.42 Å². The third kappa shape index (κ3) is 2.16. The molecule has 0 fully saturated rings. The van der Waals surface area contributed by atoms with Crippen LogP contribution in [-0.4, -0.2) is 5.11 Å². The second-order valence-electron chi connectivity index (χ2n) is 4.63. The molecular formula is C15H14ClNO. The Labute approximate surface area is 111 Å². The molecule has 92 valence electrons. The van der Waals surface area contributed by atoms with Gasteiger partial charge in [-0.25, -0.2) is 0 Å². The van der Waals surface area contributed by atoms with Gasteiger partial charge in [0.15, 0.2) is 0 Å². The third-order valence-corrected chi connectivity index (χ3v) is 3.64. The van der Waals surface area contributed by atoms with Gasteiger partial charge in [-0.05, 0) is 60.4 Å². The SMILES string of the molecule is Oc1ccc2c(c1)CCC2Nc1ccc(Cl)cc1. The maximum atomic E-state index is 9.47. The number of halogens is 1. The molecule has 1 aliphatic carbocycles. The molecule has 2 aromatic carbocycles. The van der Waals surface area contributed by atoms with Gasteiger partial charge in [-0.3, -0.25) is 0 Å². The number of fused-ring (bicyclic) bond motifs is 1. The van der Waals surface area contributed by atoms with Crippen LogP contribution in [0.15, 0.2) is 42.5 Å². The molecule has 1 unspecified atom stereocenters. The summed E-state index contributed by atoms with van der Waals surface area (Å²) in [4.78, 5) is 0. The van der Waals surface area contributed by atoms with Gasteiger partial charge in [-0.2, -0.15) is 0 Å². The van der Waals surface area contributed by atoms with E-state index in [0.29, 0.717) is 11.8 Å². The Bertz CT molecular complexity index is 565. The first-order chi connectivity index (χ1) is 8.72. The summed E-state index contributed by atoms with van der Waals surface area (Å²) in [5.74, 6) is 0.348. The highest BCUT2D eigenvalue weighted by Gasteiger charge is 2.22. The van der Waals surface area contributed by atoms with Gasteiger partial charge in [0.1, 0.15) is 5.75 Å². The first-order valence-corrected chi connectivity index (χ1v) is 6.44. The van der Waals surface area contributed by atoms with Gasteiger partial charge in [0.25, 0.3) is 0 Å². The summed E-state index contributed by atoms with van der Waals surface area (Å²) >= 11 is 5.87. The number of rotatable bonds is 2. The van der Waals surface area contributed by atoms with Gasteiger partial charge < -0.3 is 10.4 Å². The fraction of sp³-hybridized carbons (Fsp3) is 0.200. The van der Waals surface area contributed by atoms with E-state index < -0.39 is 0 Å². The molecule has 1 atom stereocenters. The monoisotopic (exact) mass is 259 g/mol. The van der Waals surface area contributed by atoms with Crippen LogP contribution >= 0.6 is 11.6 Å². The summed E-state index contributed by atoms with van der Waals surface area (Å²) < 4.78 is 0. The molecule has 0 bridgehead atoms. The molecule has 3 rings (SSSR count). The summed E-state index contributed by atoms with van der Waals surface area (Å²) in [6.45, 7) is 0. The molecule has 0 heterocycles. The van der Waals surface area contributed by atoms with Crippen molar-refractivity contribution in [3.05, 3.63) is 58.6 Å². The van der Waals surface area contributed by atoms with E-state index in [1.807, 2.05) is 36.4 Å². The van der Waals surface area contributed by atoms with Crippen LogP contribution in [0.25, 0.3) is 0 Å². The highest BCUT2D eigenvalue weighted by Crippen LogP contribution is 2.35. The van der Waals surface area contributed by atoms with Crippen LogP contribution in [0.2, 0.25) is 5.02 Å². The zero-order valence-electron chi connectivity index (χ0n) is 9.86. The van der Waals surface area contributed by atoms with Crippen LogP contribution in [0.5, 0.6) is 5.75 Å². The molecule has 0 aromatic heterocycles. The highest BCUT2D eigenvalue weighted by molar-refractivity contribution is 6.30. The molecule has 0 aliphatic heterocycles. The van der Waals surface area contributed by atoms with Crippen molar-refractivity contribution in [3.63, 3.8) is 0 Å². The minimum atomic E-state index is 0.321.